The molecule has 2 atom stereocenters. The van der Waals surface area contributed by atoms with Gasteiger partial charge in [-0.2, -0.15) is 0 Å². The zero-order valence-corrected chi connectivity index (χ0v) is 8.51. The van der Waals surface area contributed by atoms with E-state index in [1.165, 1.54) is 6.21 Å². The summed E-state index contributed by atoms with van der Waals surface area (Å²) >= 11 is 0. The monoisotopic (exact) mass is 170 g/mol. The van der Waals surface area contributed by atoms with Crippen LogP contribution in [0.15, 0.2) is 12.7 Å². The maximum Gasteiger partial charge on any atom is 0.000731 e. The molecular formula is C10H22N2. The van der Waals surface area contributed by atoms with E-state index in [0.717, 1.165) is 6.42 Å². The van der Waals surface area contributed by atoms with Gasteiger partial charge in [-0.15, -0.1) is 6.58 Å². The van der Waals surface area contributed by atoms with E-state index in [4.69, 9.17) is 11.1 Å². The Kier molecular flexibility index (Phi) is 12.0. The normalized spacial score (nSPS) is 13.7. The molecule has 0 aromatic heterocycles. The zero-order valence-electron chi connectivity index (χ0n) is 8.51. The summed E-state index contributed by atoms with van der Waals surface area (Å²) in [5.41, 5.74) is 5.46. The van der Waals surface area contributed by atoms with Gasteiger partial charge in [0.05, 0.1) is 0 Å². The Morgan fingerprint density at radius 2 is 1.92 bits per heavy atom. The van der Waals surface area contributed by atoms with Crippen LogP contribution in [-0.2, 0) is 0 Å². The standard InChI is InChI=1S/C8H16N2.C2H6/c1-3-7(5-9)8(4-2)6-10;1-2/h3,6-8,10H,1,4-5,9H2,2H3;1-2H3. The number of hydrogen-bond acceptors (Lipinski definition) is 2. The minimum atomic E-state index is 0.280. The molecule has 0 spiro atoms. The average molecular weight is 170 g/mol. The van der Waals surface area contributed by atoms with Crippen molar-refractivity contribution >= 4 is 6.21 Å². The van der Waals surface area contributed by atoms with Crippen molar-refractivity contribution in [2.24, 2.45) is 17.6 Å². The number of hydrogen-bond donors (Lipinski definition) is 2. The average Bonchev–Trinajstić information content (AvgIpc) is 2.17. The SMILES string of the molecule is C=CC(CN)C(C=N)CC.CC. The van der Waals surface area contributed by atoms with E-state index < -0.39 is 0 Å². The second-order valence-electron chi connectivity index (χ2n) is 2.37. The Morgan fingerprint density at radius 1 is 1.42 bits per heavy atom. The van der Waals surface area contributed by atoms with Crippen LogP contribution in [0.25, 0.3) is 0 Å². The molecule has 0 aromatic carbocycles. The maximum absolute atomic E-state index is 7.07. The van der Waals surface area contributed by atoms with Gasteiger partial charge in [0.15, 0.2) is 0 Å². The molecule has 0 aromatic rings. The van der Waals surface area contributed by atoms with E-state index in [2.05, 4.69) is 13.5 Å². The summed E-state index contributed by atoms with van der Waals surface area (Å²) in [4.78, 5) is 0. The summed E-state index contributed by atoms with van der Waals surface area (Å²) in [5.74, 6) is 0.560. The second kappa shape index (κ2) is 10.4. The van der Waals surface area contributed by atoms with Crippen LogP contribution in [0.1, 0.15) is 27.2 Å². The zero-order chi connectivity index (χ0) is 9.98. The van der Waals surface area contributed by atoms with Crippen molar-refractivity contribution in [3.8, 4) is 0 Å². The van der Waals surface area contributed by atoms with Crippen molar-refractivity contribution in [2.45, 2.75) is 27.2 Å². The molecular weight excluding hydrogens is 148 g/mol. The molecule has 3 N–H and O–H groups in total. The molecule has 0 aliphatic heterocycles. The van der Waals surface area contributed by atoms with E-state index in [1.807, 2.05) is 19.9 Å². The van der Waals surface area contributed by atoms with Crippen molar-refractivity contribution in [3.63, 3.8) is 0 Å². The van der Waals surface area contributed by atoms with Crippen molar-refractivity contribution in [1.82, 2.24) is 0 Å². The van der Waals surface area contributed by atoms with E-state index in [-0.39, 0.29) is 11.8 Å². The van der Waals surface area contributed by atoms with Gasteiger partial charge in [0.1, 0.15) is 0 Å². The Balaban J connectivity index is 0. The van der Waals surface area contributed by atoms with Crippen molar-refractivity contribution in [1.29, 1.82) is 5.41 Å². The molecule has 0 heterocycles. The number of rotatable bonds is 5. The Morgan fingerprint density at radius 3 is 2.00 bits per heavy atom. The third kappa shape index (κ3) is 5.08. The molecule has 0 saturated heterocycles. The fraction of sp³-hybridized carbons (Fsp3) is 0.700. The van der Waals surface area contributed by atoms with Crippen LogP contribution in [0.4, 0.5) is 0 Å². The van der Waals surface area contributed by atoms with E-state index in [9.17, 15) is 0 Å². The van der Waals surface area contributed by atoms with Crippen LogP contribution in [0.5, 0.6) is 0 Å². The molecule has 2 nitrogen and oxygen atoms in total. The minimum Gasteiger partial charge on any atom is -0.330 e. The fourth-order valence-corrected chi connectivity index (χ4v) is 0.990. The van der Waals surface area contributed by atoms with Gasteiger partial charge < -0.3 is 11.1 Å². The Hall–Kier alpha value is -0.630. The first kappa shape index (κ1) is 13.9. The molecule has 0 aliphatic rings. The van der Waals surface area contributed by atoms with Crippen LogP contribution in [0, 0.1) is 17.2 Å². The van der Waals surface area contributed by atoms with Gasteiger partial charge in [-0.1, -0.05) is 26.8 Å². The number of nitrogens with one attached hydrogen (secondary N) is 1. The molecule has 0 radical (unpaired) electrons. The van der Waals surface area contributed by atoms with Gasteiger partial charge in [-0.05, 0) is 25.1 Å². The summed E-state index contributed by atoms with van der Waals surface area (Å²) in [5, 5.41) is 7.07. The van der Waals surface area contributed by atoms with Crippen molar-refractivity contribution in [3.05, 3.63) is 12.7 Å². The van der Waals surface area contributed by atoms with Crippen LogP contribution >= 0.6 is 0 Å². The maximum atomic E-state index is 7.07. The lowest BCUT2D eigenvalue weighted by Gasteiger charge is -2.16. The lowest BCUT2D eigenvalue weighted by molar-refractivity contribution is 0.505. The van der Waals surface area contributed by atoms with Gasteiger partial charge in [-0.3, -0.25) is 0 Å². The highest BCUT2D eigenvalue weighted by molar-refractivity contribution is 5.57. The van der Waals surface area contributed by atoms with Gasteiger partial charge in [0.25, 0.3) is 0 Å². The molecule has 0 fully saturated rings. The van der Waals surface area contributed by atoms with Crippen LogP contribution in [-0.4, -0.2) is 12.8 Å². The predicted molar refractivity (Wildman–Crippen MR) is 56.7 cm³/mol. The summed E-state index contributed by atoms with van der Waals surface area (Å²) in [6.45, 7) is 10.3. The lowest BCUT2D eigenvalue weighted by Crippen LogP contribution is -2.21. The largest absolute Gasteiger partial charge is 0.330 e. The van der Waals surface area contributed by atoms with Gasteiger partial charge in [0, 0.05) is 5.92 Å². The predicted octanol–water partition coefficient (Wildman–Crippen LogP) is 2.45. The van der Waals surface area contributed by atoms with Gasteiger partial charge >= 0.3 is 0 Å². The highest BCUT2D eigenvalue weighted by Gasteiger charge is 2.11. The van der Waals surface area contributed by atoms with Crippen LogP contribution in [0.3, 0.4) is 0 Å². The summed E-state index contributed by atoms with van der Waals surface area (Å²) in [6, 6.07) is 0. The molecule has 0 saturated carbocycles. The molecule has 0 amide bonds. The quantitative estimate of drug-likeness (QED) is 0.483. The van der Waals surface area contributed by atoms with Gasteiger partial charge in [0.2, 0.25) is 0 Å². The molecule has 0 aliphatic carbocycles. The first-order valence-electron chi connectivity index (χ1n) is 4.63. The summed E-state index contributed by atoms with van der Waals surface area (Å²) in [7, 11) is 0. The van der Waals surface area contributed by atoms with Crippen LogP contribution in [0.2, 0.25) is 0 Å². The molecule has 0 bridgehead atoms. The lowest BCUT2D eigenvalue weighted by atomic mass is 9.91. The molecule has 72 valence electrons. The second-order valence-corrected chi connectivity index (χ2v) is 2.37. The van der Waals surface area contributed by atoms with E-state index >= 15 is 0 Å². The highest BCUT2D eigenvalue weighted by atomic mass is 14.6. The first-order valence-corrected chi connectivity index (χ1v) is 4.63. The van der Waals surface area contributed by atoms with Crippen molar-refractivity contribution < 1.29 is 0 Å². The van der Waals surface area contributed by atoms with Crippen LogP contribution < -0.4 is 5.73 Å². The Bertz CT molecular complexity index is 96.4. The minimum absolute atomic E-state index is 0.280. The molecule has 12 heavy (non-hydrogen) atoms. The number of nitrogens with two attached hydrogens (primary N) is 1. The summed E-state index contributed by atoms with van der Waals surface area (Å²) in [6.07, 6.45) is 4.26. The van der Waals surface area contributed by atoms with E-state index in [0.29, 0.717) is 6.54 Å². The smallest absolute Gasteiger partial charge is 0.000731 e. The van der Waals surface area contributed by atoms with Gasteiger partial charge in [-0.25, -0.2) is 0 Å². The summed E-state index contributed by atoms with van der Waals surface area (Å²) < 4.78 is 0. The highest BCUT2D eigenvalue weighted by Crippen LogP contribution is 2.12. The molecule has 2 heteroatoms. The fourth-order valence-electron chi connectivity index (χ4n) is 0.990. The molecule has 2 unspecified atom stereocenters. The Labute approximate surface area is 76.4 Å². The van der Waals surface area contributed by atoms with Crippen molar-refractivity contribution in [2.75, 3.05) is 6.54 Å². The van der Waals surface area contributed by atoms with E-state index in [1.54, 1.807) is 0 Å². The molecule has 0 rings (SSSR count). The third-order valence-electron chi connectivity index (χ3n) is 1.81. The third-order valence-corrected chi connectivity index (χ3v) is 1.81. The first-order chi connectivity index (χ1) is 5.79. The topological polar surface area (TPSA) is 49.9 Å².